The van der Waals surface area contributed by atoms with Crippen molar-refractivity contribution in [2.45, 2.75) is 0 Å². The summed E-state index contributed by atoms with van der Waals surface area (Å²) in [6.45, 7) is 0. The predicted molar refractivity (Wildman–Crippen MR) is 199 cm³/mol. The lowest BCUT2D eigenvalue weighted by Crippen LogP contribution is -2.01. The average Bonchev–Trinajstić information content (AvgIpc) is 3.63. The van der Waals surface area contributed by atoms with Crippen molar-refractivity contribution in [3.8, 4) is 45.6 Å². The Bertz CT molecular complexity index is 2880. The average molecular weight is 627 g/mol. The van der Waals surface area contributed by atoms with E-state index in [1.807, 2.05) is 66.7 Å². The van der Waals surface area contributed by atoms with Crippen LogP contribution in [0.3, 0.4) is 0 Å². The third-order valence-corrected chi connectivity index (χ3v) is 9.30. The molecule has 228 valence electrons. The quantitative estimate of drug-likeness (QED) is 0.182. The first-order chi connectivity index (χ1) is 24.3. The normalized spacial score (nSPS) is 11.7. The topological polar surface area (TPSA) is 64.7 Å². The van der Waals surface area contributed by atoms with Crippen LogP contribution >= 0.6 is 0 Å². The minimum atomic E-state index is 0.602. The van der Waals surface area contributed by atoms with E-state index in [2.05, 4.69) is 91.0 Å². The van der Waals surface area contributed by atoms with Crippen molar-refractivity contribution in [1.29, 1.82) is 0 Å². The highest BCUT2D eigenvalue weighted by atomic mass is 16.3. The molecule has 0 unspecified atom stereocenters. The number of rotatable bonds is 4. The van der Waals surface area contributed by atoms with Gasteiger partial charge in [0.2, 0.25) is 5.89 Å². The molecule has 0 aliphatic rings. The van der Waals surface area contributed by atoms with Gasteiger partial charge >= 0.3 is 0 Å². The molecule has 2 aromatic heterocycles. The first-order valence-electron chi connectivity index (χ1n) is 16.3. The first-order valence-corrected chi connectivity index (χ1v) is 16.3. The van der Waals surface area contributed by atoms with E-state index in [1.54, 1.807) is 0 Å². The Balaban J connectivity index is 1.28. The predicted octanol–water partition coefficient (Wildman–Crippen LogP) is 11.3. The molecule has 49 heavy (non-hydrogen) atoms. The number of nitrogens with zero attached hydrogens (tertiary/aromatic N) is 4. The van der Waals surface area contributed by atoms with Crippen molar-refractivity contribution >= 4 is 54.2 Å². The van der Waals surface area contributed by atoms with E-state index in [1.165, 1.54) is 5.39 Å². The zero-order valence-corrected chi connectivity index (χ0v) is 26.2. The summed E-state index contributed by atoms with van der Waals surface area (Å²) in [5, 5.41) is 8.75. The van der Waals surface area contributed by atoms with Crippen LogP contribution in [-0.2, 0) is 0 Å². The van der Waals surface area contributed by atoms with Crippen LogP contribution in [0.4, 0.5) is 0 Å². The molecule has 0 spiro atoms. The highest BCUT2D eigenvalue weighted by Crippen LogP contribution is 2.42. The molecule has 10 aromatic rings. The van der Waals surface area contributed by atoms with Gasteiger partial charge in [0.05, 0.1) is 0 Å². The van der Waals surface area contributed by atoms with E-state index < -0.39 is 0 Å². The Labute approximate surface area is 281 Å². The molecule has 10 rings (SSSR count). The van der Waals surface area contributed by atoms with Crippen LogP contribution in [0.25, 0.3) is 99.8 Å². The van der Waals surface area contributed by atoms with Gasteiger partial charge in [0.15, 0.2) is 23.1 Å². The molecule has 0 aliphatic carbocycles. The molecule has 0 radical (unpaired) electrons. The maximum atomic E-state index is 6.61. The van der Waals surface area contributed by atoms with Gasteiger partial charge in [0, 0.05) is 33.0 Å². The molecule has 5 nitrogen and oxygen atoms in total. The summed E-state index contributed by atoms with van der Waals surface area (Å²) in [6, 6.07) is 54.1. The second-order valence-electron chi connectivity index (χ2n) is 12.3. The summed E-state index contributed by atoms with van der Waals surface area (Å²) < 4.78 is 6.61. The van der Waals surface area contributed by atoms with Gasteiger partial charge in [-0.3, -0.25) is 0 Å². The molecule has 8 aromatic carbocycles. The number of benzene rings is 8. The summed E-state index contributed by atoms with van der Waals surface area (Å²) in [5.74, 6) is 2.47. The largest absolute Gasteiger partial charge is 0.435 e. The summed E-state index contributed by atoms with van der Waals surface area (Å²) in [6.07, 6.45) is 0. The molecular formula is C44H26N4O. The van der Waals surface area contributed by atoms with Gasteiger partial charge in [-0.15, -0.1) is 0 Å². The number of fused-ring (bicyclic) bond motifs is 8. The fraction of sp³-hybridized carbons (Fsp3) is 0. The smallest absolute Gasteiger partial charge is 0.227 e. The first kappa shape index (κ1) is 27.4. The van der Waals surface area contributed by atoms with Crippen molar-refractivity contribution in [3.63, 3.8) is 0 Å². The molecule has 0 saturated heterocycles. The van der Waals surface area contributed by atoms with Crippen LogP contribution in [0.15, 0.2) is 162 Å². The monoisotopic (exact) mass is 626 g/mol. The maximum absolute atomic E-state index is 6.61. The van der Waals surface area contributed by atoms with Gasteiger partial charge in [0.1, 0.15) is 5.52 Å². The van der Waals surface area contributed by atoms with E-state index >= 15 is 0 Å². The van der Waals surface area contributed by atoms with E-state index in [0.717, 1.165) is 71.1 Å². The van der Waals surface area contributed by atoms with Crippen molar-refractivity contribution in [1.82, 2.24) is 19.9 Å². The molecule has 0 aliphatic heterocycles. The van der Waals surface area contributed by atoms with Gasteiger partial charge in [-0.05, 0) is 62.6 Å². The molecule has 2 heterocycles. The van der Waals surface area contributed by atoms with Crippen LogP contribution in [-0.4, -0.2) is 19.9 Å². The van der Waals surface area contributed by atoms with E-state index in [0.29, 0.717) is 23.4 Å². The second-order valence-corrected chi connectivity index (χ2v) is 12.3. The van der Waals surface area contributed by atoms with Crippen LogP contribution in [0.1, 0.15) is 0 Å². The molecule has 0 N–H and O–H groups in total. The zero-order valence-electron chi connectivity index (χ0n) is 26.2. The SMILES string of the molecule is c1ccc(-c2nc(-c3ccc4ccccc4c3)nc(-c3cc4ccccc4c4c3ccc3ccc5nc(-c6ccccc6)oc5c34)n2)cc1. The Morgan fingerprint density at radius 1 is 0.367 bits per heavy atom. The fourth-order valence-corrected chi connectivity index (χ4v) is 6.94. The van der Waals surface area contributed by atoms with Crippen LogP contribution in [0, 0.1) is 0 Å². The van der Waals surface area contributed by atoms with E-state index in [4.69, 9.17) is 24.4 Å². The van der Waals surface area contributed by atoms with Crippen LogP contribution < -0.4 is 0 Å². The zero-order chi connectivity index (χ0) is 32.3. The molecule has 0 bridgehead atoms. The molecule has 0 saturated carbocycles. The number of hydrogen-bond donors (Lipinski definition) is 0. The fourth-order valence-electron chi connectivity index (χ4n) is 6.94. The third kappa shape index (κ3) is 4.55. The summed E-state index contributed by atoms with van der Waals surface area (Å²) in [5.41, 5.74) is 5.32. The molecular weight excluding hydrogens is 601 g/mol. The number of aromatic nitrogens is 4. The van der Waals surface area contributed by atoms with E-state index in [9.17, 15) is 0 Å². The van der Waals surface area contributed by atoms with Crippen molar-refractivity contribution in [2.24, 2.45) is 0 Å². The molecule has 0 fully saturated rings. The van der Waals surface area contributed by atoms with Gasteiger partial charge in [0.25, 0.3) is 0 Å². The molecule has 0 amide bonds. The van der Waals surface area contributed by atoms with Crippen molar-refractivity contribution in [2.75, 3.05) is 0 Å². The summed E-state index contributed by atoms with van der Waals surface area (Å²) >= 11 is 0. The third-order valence-electron chi connectivity index (χ3n) is 9.30. The lowest BCUT2D eigenvalue weighted by atomic mass is 9.92. The number of hydrogen-bond acceptors (Lipinski definition) is 5. The minimum Gasteiger partial charge on any atom is -0.435 e. The lowest BCUT2D eigenvalue weighted by Gasteiger charge is -2.14. The Morgan fingerprint density at radius 3 is 1.82 bits per heavy atom. The second kappa shape index (κ2) is 10.9. The van der Waals surface area contributed by atoms with Crippen molar-refractivity contribution in [3.05, 3.63) is 158 Å². The molecule has 0 atom stereocenters. The van der Waals surface area contributed by atoms with Gasteiger partial charge in [-0.25, -0.2) is 19.9 Å². The summed E-state index contributed by atoms with van der Waals surface area (Å²) in [4.78, 5) is 20.3. The number of oxazole rings is 1. The Morgan fingerprint density at radius 2 is 1.00 bits per heavy atom. The highest BCUT2D eigenvalue weighted by molar-refractivity contribution is 6.28. The van der Waals surface area contributed by atoms with E-state index in [-0.39, 0.29) is 0 Å². The lowest BCUT2D eigenvalue weighted by molar-refractivity contribution is 0.623. The Kier molecular flexibility index (Phi) is 6.11. The van der Waals surface area contributed by atoms with Gasteiger partial charge in [-0.2, -0.15) is 0 Å². The standard InChI is InChI=1S/C44H26N4O/c1-3-12-29(13-4-1)41-46-42(33-20-19-27-11-7-8-16-31(27)25-33)48-43(47-41)36-26-32-17-9-10-18-34(32)39-35(36)23-21-28-22-24-37-40(38(28)39)49-44(45-37)30-14-5-2-6-15-30/h1-26H. The van der Waals surface area contributed by atoms with Gasteiger partial charge in [-0.1, -0.05) is 127 Å². The summed E-state index contributed by atoms with van der Waals surface area (Å²) in [7, 11) is 0. The maximum Gasteiger partial charge on any atom is 0.227 e. The van der Waals surface area contributed by atoms with Crippen molar-refractivity contribution < 1.29 is 4.42 Å². The van der Waals surface area contributed by atoms with Crippen LogP contribution in [0.2, 0.25) is 0 Å². The molecule has 5 heteroatoms. The van der Waals surface area contributed by atoms with Gasteiger partial charge < -0.3 is 4.42 Å². The Hall–Kier alpha value is -6.72. The van der Waals surface area contributed by atoms with Crippen LogP contribution in [0.5, 0.6) is 0 Å². The highest BCUT2D eigenvalue weighted by Gasteiger charge is 2.20. The minimum absolute atomic E-state index is 0.602.